The maximum Gasteiger partial charge on any atom is 0.270 e. The minimum Gasteiger partial charge on any atom is -0.460 e. The van der Waals surface area contributed by atoms with Gasteiger partial charge in [-0.25, -0.2) is 4.68 Å². The fourth-order valence-electron chi connectivity index (χ4n) is 2.57. The second kappa shape index (κ2) is 7.38. The zero-order valence-corrected chi connectivity index (χ0v) is 14.8. The van der Waals surface area contributed by atoms with Crippen LogP contribution in [0, 0.1) is 12.8 Å². The summed E-state index contributed by atoms with van der Waals surface area (Å²) >= 11 is 0. The number of aromatic nitrogens is 2. The summed E-state index contributed by atoms with van der Waals surface area (Å²) in [5.41, 5.74) is 1.98. The van der Waals surface area contributed by atoms with E-state index in [1.807, 2.05) is 49.4 Å². The highest BCUT2D eigenvalue weighted by molar-refractivity contribution is 5.94. The van der Waals surface area contributed by atoms with Gasteiger partial charge < -0.3 is 9.73 Å². The van der Waals surface area contributed by atoms with Crippen LogP contribution in [0.1, 0.15) is 36.5 Å². The van der Waals surface area contributed by atoms with Crippen molar-refractivity contribution in [3.63, 3.8) is 0 Å². The third kappa shape index (κ3) is 3.99. The third-order valence-corrected chi connectivity index (χ3v) is 3.94. The van der Waals surface area contributed by atoms with E-state index in [-0.39, 0.29) is 5.91 Å². The number of aryl methyl sites for hydroxylation is 1. The molecule has 2 aromatic heterocycles. The molecule has 0 aliphatic carbocycles. The average Bonchev–Trinajstić information content (AvgIpc) is 3.21. The Morgan fingerprint density at radius 1 is 1.20 bits per heavy atom. The van der Waals surface area contributed by atoms with Gasteiger partial charge in [0.15, 0.2) is 5.76 Å². The van der Waals surface area contributed by atoms with Crippen LogP contribution in [0.2, 0.25) is 0 Å². The van der Waals surface area contributed by atoms with Crippen LogP contribution in [0.15, 0.2) is 52.9 Å². The molecule has 0 spiro atoms. The van der Waals surface area contributed by atoms with Crippen molar-refractivity contribution in [1.29, 1.82) is 0 Å². The molecule has 0 radical (unpaired) electrons. The van der Waals surface area contributed by atoms with Gasteiger partial charge in [-0.15, -0.1) is 0 Å². The minimum absolute atomic E-state index is 0.133. The summed E-state index contributed by atoms with van der Waals surface area (Å²) in [4.78, 5) is 12.7. The van der Waals surface area contributed by atoms with Crippen LogP contribution in [0.4, 0.5) is 0 Å². The van der Waals surface area contributed by atoms with Crippen molar-refractivity contribution >= 4 is 5.91 Å². The Morgan fingerprint density at radius 2 is 1.96 bits per heavy atom. The lowest BCUT2D eigenvalue weighted by Crippen LogP contribution is -2.27. The molecule has 2 heterocycles. The predicted octanol–water partition coefficient (Wildman–Crippen LogP) is 4.22. The Labute approximate surface area is 147 Å². The summed E-state index contributed by atoms with van der Waals surface area (Å²) in [7, 11) is 0. The lowest BCUT2D eigenvalue weighted by molar-refractivity contribution is 0.0944. The molecule has 1 amide bonds. The molecule has 0 aliphatic heterocycles. The number of nitrogens with zero attached hydrogens (tertiary/aromatic N) is 2. The molecule has 1 aromatic carbocycles. The van der Waals surface area contributed by atoms with E-state index in [1.54, 1.807) is 10.7 Å². The van der Waals surface area contributed by atoms with Crippen molar-refractivity contribution < 1.29 is 9.21 Å². The van der Waals surface area contributed by atoms with Gasteiger partial charge in [0.25, 0.3) is 5.91 Å². The highest BCUT2D eigenvalue weighted by Crippen LogP contribution is 2.23. The molecule has 5 heteroatoms. The van der Waals surface area contributed by atoms with Gasteiger partial charge >= 0.3 is 0 Å². The average molecular weight is 337 g/mol. The number of furan rings is 1. The van der Waals surface area contributed by atoms with Crippen LogP contribution in [0.25, 0.3) is 17.1 Å². The van der Waals surface area contributed by atoms with Gasteiger partial charge in [-0.3, -0.25) is 4.79 Å². The van der Waals surface area contributed by atoms with Crippen LogP contribution < -0.4 is 5.32 Å². The topological polar surface area (TPSA) is 60.1 Å². The van der Waals surface area contributed by atoms with Crippen molar-refractivity contribution in [3.8, 4) is 17.1 Å². The molecule has 0 saturated carbocycles. The van der Waals surface area contributed by atoms with Gasteiger partial charge in [-0.2, -0.15) is 5.10 Å². The molecule has 0 bridgehead atoms. The van der Waals surface area contributed by atoms with Crippen LogP contribution >= 0.6 is 0 Å². The van der Waals surface area contributed by atoms with E-state index in [0.717, 1.165) is 17.9 Å². The summed E-state index contributed by atoms with van der Waals surface area (Å²) in [6.07, 6.45) is 0.940. The van der Waals surface area contributed by atoms with Crippen LogP contribution in [-0.2, 0) is 0 Å². The molecule has 0 atom stereocenters. The summed E-state index contributed by atoms with van der Waals surface area (Å²) in [6.45, 7) is 6.80. The van der Waals surface area contributed by atoms with Gasteiger partial charge in [0.2, 0.25) is 0 Å². The first-order chi connectivity index (χ1) is 12.0. The molecule has 130 valence electrons. The van der Waals surface area contributed by atoms with Gasteiger partial charge in [0.1, 0.15) is 17.1 Å². The molecule has 3 aromatic rings. The Hall–Kier alpha value is -2.82. The summed E-state index contributed by atoms with van der Waals surface area (Å²) in [6, 6.07) is 15.2. The number of rotatable bonds is 6. The van der Waals surface area contributed by atoms with Crippen molar-refractivity contribution in [2.45, 2.75) is 27.2 Å². The van der Waals surface area contributed by atoms with E-state index >= 15 is 0 Å². The van der Waals surface area contributed by atoms with Crippen LogP contribution in [-0.4, -0.2) is 22.2 Å². The Morgan fingerprint density at radius 3 is 2.60 bits per heavy atom. The van der Waals surface area contributed by atoms with Crippen LogP contribution in [0.5, 0.6) is 0 Å². The van der Waals surface area contributed by atoms with Crippen molar-refractivity contribution in [3.05, 3.63) is 60.0 Å². The maximum atomic E-state index is 12.7. The van der Waals surface area contributed by atoms with E-state index in [4.69, 9.17) is 4.42 Å². The van der Waals surface area contributed by atoms with E-state index < -0.39 is 0 Å². The molecule has 1 N–H and O–H groups in total. The summed E-state index contributed by atoms with van der Waals surface area (Å²) in [5.74, 6) is 1.88. The second-order valence-corrected chi connectivity index (χ2v) is 6.51. The van der Waals surface area contributed by atoms with E-state index in [2.05, 4.69) is 24.3 Å². The van der Waals surface area contributed by atoms with Gasteiger partial charge in [-0.05, 0) is 43.5 Å². The second-order valence-electron chi connectivity index (χ2n) is 6.51. The van der Waals surface area contributed by atoms with Crippen molar-refractivity contribution in [2.24, 2.45) is 5.92 Å². The first-order valence-electron chi connectivity index (χ1n) is 8.55. The molecule has 3 rings (SSSR count). The Kier molecular flexibility index (Phi) is 5.03. The zero-order chi connectivity index (χ0) is 17.8. The first-order valence-corrected chi connectivity index (χ1v) is 8.55. The number of carbonyl (C=O) groups excluding carboxylic acids is 1. The molecule has 0 saturated heterocycles. The van der Waals surface area contributed by atoms with Crippen molar-refractivity contribution in [2.75, 3.05) is 6.54 Å². The summed E-state index contributed by atoms with van der Waals surface area (Å²) in [5, 5.41) is 7.57. The molecular formula is C20H23N3O2. The van der Waals surface area contributed by atoms with Gasteiger partial charge in [0, 0.05) is 12.6 Å². The smallest absolute Gasteiger partial charge is 0.270 e. The number of carbonyl (C=O) groups is 1. The van der Waals surface area contributed by atoms with Gasteiger partial charge in [-0.1, -0.05) is 32.0 Å². The lowest BCUT2D eigenvalue weighted by Gasteiger charge is -2.09. The molecule has 0 aliphatic rings. The highest BCUT2D eigenvalue weighted by atomic mass is 16.3. The summed E-state index contributed by atoms with van der Waals surface area (Å²) < 4.78 is 7.32. The third-order valence-electron chi connectivity index (χ3n) is 3.94. The quantitative estimate of drug-likeness (QED) is 0.733. The fourth-order valence-corrected chi connectivity index (χ4v) is 2.57. The number of amides is 1. The maximum absolute atomic E-state index is 12.7. The van der Waals surface area contributed by atoms with E-state index in [1.165, 1.54) is 0 Å². The van der Waals surface area contributed by atoms with Crippen LogP contribution in [0.3, 0.4) is 0 Å². The molecule has 0 fully saturated rings. The lowest BCUT2D eigenvalue weighted by atomic mass is 10.1. The highest BCUT2D eigenvalue weighted by Gasteiger charge is 2.18. The number of benzene rings is 1. The molecule has 25 heavy (non-hydrogen) atoms. The Bertz CT molecular complexity index is 847. The zero-order valence-electron chi connectivity index (χ0n) is 14.8. The number of nitrogens with one attached hydrogen (secondary N) is 1. The fraction of sp³-hybridized carbons (Fsp3) is 0.300. The minimum atomic E-state index is -0.133. The first kappa shape index (κ1) is 17.0. The molecular weight excluding hydrogens is 314 g/mol. The van der Waals surface area contributed by atoms with Crippen molar-refractivity contribution in [1.82, 2.24) is 15.1 Å². The predicted molar refractivity (Wildman–Crippen MR) is 97.8 cm³/mol. The number of hydrogen-bond donors (Lipinski definition) is 1. The SMILES string of the molecule is Cc1ccc(-c2cc(C(=O)NCCC(C)C)n(-c3ccccc3)n2)o1. The van der Waals surface area contributed by atoms with E-state index in [9.17, 15) is 4.79 Å². The Balaban J connectivity index is 1.94. The normalized spacial score (nSPS) is 11.0. The molecule has 5 nitrogen and oxygen atoms in total. The largest absolute Gasteiger partial charge is 0.460 e. The standard InChI is InChI=1S/C20H23N3O2/c1-14(2)11-12-21-20(24)18-13-17(19-10-9-15(3)25-19)22-23(18)16-7-5-4-6-8-16/h4-10,13-14H,11-12H2,1-3H3,(H,21,24). The van der Waals surface area contributed by atoms with Gasteiger partial charge in [0.05, 0.1) is 5.69 Å². The molecule has 0 unspecified atom stereocenters. The number of para-hydroxylation sites is 1. The van der Waals surface area contributed by atoms with E-state index in [0.29, 0.717) is 29.6 Å². The monoisotopic (exact) mass is 337 g/mol. The number of hydrogen-bond acceptors (Lipinski definition) is 3.